The summed E-state index contributed by atoms with van der Waals surface area (Å²) >= 11 is 1.61. The molecule has 3 aromatic rings. The number of thiazole rings is 1. The summed E-state index contributed by atoms with van der Waals surface area (Å²) in [6.45, 7) is 11.7. The highest BCUT2D eigenvalue weighted by atomic mass is 32.1. The summed E-state index contributed by atoms with van der Waals surface area (Å²) in [6, 6.07) is 13.9. The van der Waals surface area contributed by atoms with E-state index < -0.39 is 29.4 Å². The molecule has 2 heterocycles. The van der Waals surface area contributed by atoms with Gasteiger partial charge in [-0.25, -0.2) is 9.78 Å². The third-order valence-corrected chi connectivity index (χ3v) is 7.79. The Kier molecular flexibility index (Phi) is 8.63. The Balaban J connectivity index is 1.48. The molecule has 4 rings (SSSR count). The van der Waals surface area contributed by atoms with Crippen LogP contribution in [0.1, 0.15) is 65.4 Å². The predicted molar refractivity (Wildman–Crippen MR) is 155 cm³/mol. The van der Waals surface area contributed by atoms with Crippen LogP contribution in [-0.2, 0) is 9.53 Å². The number of nitrogens with zero attached hydrogens (tertiary/aromatic N) is 2. The van der Waals surface area contributed by atoms with Crippen LogP contribution in [0.3, 0.4) is 0 Å². The third-order valence-electron chi connectivity index (χ3n) is 6.85. The van der Waals surface area contributed by atoms with Crippen molar-refractivity contribution in [2.45, 2.75) is 78.3 Å². The van der Waals surface area contributed by atoms with Gasteiger partial charge in [0.15, 0.2) is 0 Å². The van der Waals surface area contributed by atoms with Crippen molar-refractivity contribution in [1.82, 2.24) is 20.5 Å². The minimum atomic E-state index is -0.923. The number of alkyl carbamates (subject to hydrolysis) is 1. The van der Waals surface area contributed by atoms with Gasteiger partial charge in [0.05, 0.1) is 17.8 Å². The van der Waals surface area contributed by atoms with Gasteiger partial charge < -0.3 is 20.5 Å². The summed E-state index contributed by atoms with van der Waals surface area (Å²) in [4.78, 5) is 31.8. The van der Waals surface area contributed by atoms with Gasteiger partial charge in [0.2, 0.25) is 5.91 Å². The maximum Gasteiger partial charge on any atom is 0.408 e. The number of nitrogens with one attached hydrogen (secondary N) is 2. The molecule has 2 aromatic carbocycles. The van der Waals surface area contributed by atoms with Crippen LogP contribution in [-0.4, -0.2) is 58.0 Å². The molecule has 2 amide bonds. The number of hydrogen-bond donors (Lipinski definition) is 3. The molecule has 0 spiro atoms. The van der Waals surface area contributed by atoms with E-state index in [0.29, 0.717) is 6.54 Å². The fraction of sp³-hybridized carbons (Fsp3) is 0.500. The number of carbonyl (C=O) groups excluding carboxylic acids is 2. The molecule has 1 aromatic heterocycles. The van der Waals surface area contributed by atoms with E-state index in [-0.39, 0.29) is 18.5 Å². The van der Waals surface area contributed by atoms with E-state index in [1.165, 1.54) is 5.39 Å². The number of hydrogen-bond acceptors (Lipinski definition) is 7. The number of amides is 2. The first-order valence-corrected chi connectivity index (χ1v) is 14.3. The average molecular weight is 553 g/mol. The Morgan fingerprint density at radius 3 is 2.56 bits per heavy atom. The Morgan fingerprint density at radius 1 is 1.13 bits per heavy atom. The van der Waals surface area contributed by atoms with E-state index in [9.17, 15) is 14.7 Å². The molecule has 1 fully saturated rings. The minimum absolute atomic E-state index is 0.0460. The lowest BCUT2D eigenvalue weighted by atomic mass is 9.85. The van der Waals surface area contributed by atoms with Crippen LogP contribution in [0.5, 0.6) is 0 Å². The van der Waals surface area contributed by atoms with Crippen LogP contribution in [0.25, 0.3) is 22.0 Å². The molecule has 0 aliphatic carbocycles. The second-order valence-corrected chi connectivity index (χ2v) is 13.1. The predicted octanol–water partition coefficient (Wildman–Crippen LogP) is 5.47. The molecule has 8 nitrogen and oxygen atoms in total. The molecular weight excluding hydrogens is 512 g/mol. The number of carbonyl (C=O) groups is 2. The Bertz CT molecular complexity index is 1300. The number of benzene rings is 2. The lowest BCUT2D eigenvalue weighted by Crippen LogP contribution is -2.58. The van der Waals surface area contributed by atoms with Crippen LogP contribution < -0.4 is 10.6 Å². The second-order valence-electron chi connectivity index (χ2n) is 12.2. The van der Waals surface area contributed by atoms with E-state index in [1.807, 2.05) is 37.8 Å². The zero-order valence-corrected chi connectivity index (χ0v) is 24.5. The SMILES string of the molecule is CC(C)(C)OC(=O)NCC(=O)N[C@H](C(O)N1CCCC1c1nc(-c2cccc3ccccc23)cs1)C(C)(C)C. The maximum absolute atomic E-state index is 12.8. The number of aliphatic hydroxyl groups excluding tert-OH is 1. The lowest BCUT2D eigenvalue weighted by Gasteiger charge is -2.40. The first-order valence-electron chi connectivity index (χ1n) is 13.5. The average Bonchev–Trinajstić information content (AvgIpc) is 3.53. The zero-order valence-electron chi connectivity index (χ0n) is 23.7. The van der Waals surface area contributed by atoms with Crippen molar-refractivity contribution < 1.29 is 19.4 Å². The van der Waals surface area contributed by atoms with Crippen LogP contribution in [0.2, 0.25) is 0 Å². The summed E-state index contributed by atoms with van der Waals surface area (Å²) in [7, 11) is 0. The molecule has 2 unspecified atom stereocenters. The van der Waals surface area contributed by atoms with Gasteiger partial charge >= 0.3 is 6.09 Å². The van der Waals surface area contributed by atoms with E-state index in [1.54, 1.807) is 32.1 Å². The molecule has 39 heavy (non-hydrogen) atoms. The molecule has 1 saturated heterocycles. The molecule has 1 aliphatic rings. The van der Waals surface area contributed by atoms with Crippen molar-refractivity contribution in [3.05, 3.63) is 52.9 Å². The highest BCUT2D eigenvalue weighted by Gasteiger charge is 2.41. The lowest BCUT2D eigenvalue weighted by molar-refractivity contribution is -0.126. The normalized spacial score (nSPS) is 18.1. The zero-order chi connectivity index (χ0) is 28.4. The van der Waals surface area contributed by atoms with Crippen molar-refractivity contribution in [2.75, 3.05) is 13.1 Å². The number of aromatic nitrogens is 1. The van der Waals surface area contributed by atoms with Gasteiger partial charge in [-0.15, -0.1) is 11.3 Å². The molecular formula is C30H40N4O4S. The quantitative estimate of drug-likeness (QED) is 0.359. The van der Waals surface area contributed by atoms with Gasteiger partial charge in [0.1, 0.15) is 23.4 Å². The van der Waals surface area contributed by atoms with Gasteiger partial charge in [-0.05, 0) is 49.8 Å². The molecule has 3 atom stereocenters. The molecule has 0 radical (unpaired) electrons. The van der Waals surface area contributed by atoms with Crippen LogP contribution >= 0.6 is 11.3 Å². The molecule has 9 heteroatoms. The number of likely N-dealkylation sites (tertiary alicyclic amines) is 1. The number of ether oxygens (including phenoxy) is 1. The van der Waals surface area contributed by atoms with Crippen molar-refractivity contribution in [2.24, 2.45) is 5.41 Å². The fourth-order valence-electron chi connectivity index (χ4n) is 5.00. The van der Waals surface area contributed by atoms with E-state index in [0.717, 1.165) is 34.5 Å². The Hall–Kier alpha value is -3.01. The first-order chi connectivity index (χ1) is 18.3. The largest absolute Gasteiger partial charge is 0.444 e. The van der Waals surface area contributed by atoms with E-state index >= 15 is 0 Å². The summed E-state index contributed by atoms with van der Waals surface area (Å²) in [5.41, 5.74) is 0.934. The Labute approximate surface area is 234 Å². The monoisotopic (exact) mass is 552 g/mol. The van der Waals surface area contributed by atoms with Crippen molar-refractivity contribution in [1.29, 1.82) is 0 Å². The van der Waals surface area contributed by atoms with Gasteiger partial charge in [-0.3, -0.25) is 9.69 Å². The topological polar surface area (TPSA) is 104 Å². The number of rotatable bonds is 7. The maximum atomic E-state index is 12.8. The van der Waals surface area contributed by atoms with E-state index in [2.05, 4.69) is 46.3 Å². The molecule has 0 saturated carbocycles. The van der Waals surface area contributed by atoms with Gasteiger partial charge in [-0.1, -0.05) is 63.2 Å². The van der Waals surface area contributed by atoms with Crippen LogP contribution in [0.15, 0.2) is 47.8 Å². The summed E-state index contributed by atoms with van der Waals surface area (Å²) in [5.74, 6) is -0.386. The van der Waals surface area contributed by atoms with Crippen LogP contribution in [0, 0.1) is 5.41 Å². The molecule has 210 valence electrons. The first kappa shape index (κ1) is 29.0. The number of aliphatic hydroxyl groups is 1. The number of fused-ring (bicyclic) bond motifs is 1. The van der Waals surface area contributed by atoms with Gasteiger partial charge in [0.25, 0.3) is 0 Å². The highest BCUT2D eigenvalue weighted by Crippen LogP contribution is 2.39. The van der Waals surface area contributed by atoms with E-state index in [4.69, 9.17) is 9.72 Å². The smallest absolute Gasteiger partial charge is 0.408 e. The van der Waals surface area contributed by atoms with Gasteiger partial charge in [-0.2, -0.15) is 0 Å². The van der Waals surface area contributed by atoms with Crippen molar-refractivity contribution in [3.63, 3.8) is 0 Å². The second kappa shape index (κ2) is 11.6. The van der Waals surface area contributed by atoms with Crippen molar-refractivity contribution in [3.8, 4) is 11.3 Å². The molecule has 0 bridgehead atoms. The highest BCUT2D eigenvalue weighted by molar-refractivity contribution is 7.10. The minimum Gasteiger partial charge on any atom is -0.444 e. The van der Waals surface area contributed by atoms with Gasteiger partial charge in [0, 0.05) is 17.5 Å². The summed E-state index contributed by atoms with van der Waals surface area (Å²) < 4.78 is 5.22. The standard InChI is InChI=1S/C30H40N4O4S/c1-29(2,3)25(33-24(35)17-31-28(37)38-30(4,5)6)27(36)34-16-10-15-23(34)26-32-22(18-39-26)21-14-9-12-19-11-7-8-13-20(19)21/h7-9,11-14,18,23,25,27,36H,10,15-17H2,1-6H3,(H,31,37)(H,33,35)/t23?,25-,27?/m1/s1. The van der Waals surface area contributed by atoms with Crippen LogP contribution in [0.4, 0.5) is 4.79 Å². The molecule has 3 N–H and O–H groups in total. The molecule has 1 aliphatic heterocycles. The summed E-state index contributed by atoms with van der Waals surface area (Å²) in [5, 5.41) is 22.4. The fourth-order valence-corrected chi connectivity index (χ4v) is 5.98. The van der Waals surface area contributed by atoms with Crippen molar-refractivity contribution >= 4 is 34.1 Å². The Morgan fingerprint density at radius 2 is 1.85 bits per heavy atom. The third kappa shape index (κ3) is 7.15. The summed E-state index contributed by atoms with van der Waals surface area (Å²) in [6.07, 6.45) is 0.226.